The smallest absolute Gasteiger partial charge is 0.341 e. The third-order valence-electron chi connectivity index (χ3n) is 5.46. The standard InChI is InChI=1S/C26H22BrF2NO3/c1-2-32-26(31)23-12-17(8-11-24(23)29)20-4-3-5-21(20)22-13-18(27)14-30-25(22)33-15-16-6-9-19(28)10-7-16/h6-14H,2-5,15H2,1H3. The molecule has 0 radical (unpaired) electrons. The van der Waals surface area contributed by atoms with Crippen LogP contribution in [0.4, 0.5) is 8.78 Å². The molecule has 1 aromatic heterocycles. The molecule has 2 aromatic carbocycles. The molecule has 0 saturated heterocycles. The maximum atomic E-state index is 14.3. The van der Waals surface area contributed by atoms with Gasteiger partial charge in [-0.1, -0.05) is 18.2 Å². The molecule has 3 aromatic rings. The number of allylic oxidation sites excluding steroid dienone is 2. The van der Waals surface area contributed by atoms with Gasteiger partial charge in [-0.05, 0) is 94.7 Å². The van der Waals surface area contributed by atoms with Gasteiger partial charge in [-0.15, -0.1) is 0 Å². The van der Waals surface area contributed by atoms with Crippen LogP contribution in [0.5, 0.6) is 5.88 Å². The van der Waals surface area contributed by atoms with E-state index >= 15 is 0 Å². The van der Waals surface area contributed by atoms with Crippen molar-refractivity contribution < 1.29 is 23.0 Å². The first-order valence-corrected chi connectivity index (χ1v) is 11.5. The zero-order valence-corrected chi connectivity index (χ0v) is 19.6. The van der Waals surface area contributed by atoms with Crippen molar-refractivity contribution >= 4 is 33.0 Å². The number of ether oxygens (including phenoxy) is 2. The highest BCUT2D eigenvalue weighted by atomic mass is 79.9. The Morgan fingerprint density at radius 2 is 1.82 bits per heavy atom. The first kappa shape index (κ1) is 23.1. The minimum absolute atomic E-state index is 0.0757. The van der Waals surface area contributed by atoms with Crippen molar-refractivity contribution in [2.75, 3.05) is 6.61 Å². The lowest BCUT2D eigenvalue weighted by Gasteiger charge is -2.15. The summed E-state index contributed by atoms with van der Waals surface area (Å²) in [7, 11) is 0. The van der Waals surface area contributed by atoms with Gasteiger partial charge in [0.1, 0.15) is 18.2 Å². The van der Waals surface area contributed by atoms with Gasteiger partial charge in [0.25, 0.3) is 0 Å². The molecule has 0 saturated carbocycles. The summed E-state index contributed by atoms with van der Waals surface area (Å²) in [6.45, 7) is 2.11. The predicted octanol–water partition coefficient (Wildman–Crippen LogP) is 6.97. The van der Waals surface area contributed by atoms with Gasteiger partial charge in [0.2, 0.25) is 5.88 Å². The quantitative estimate of drug-likeness (QED) is 0.320. The maximum Gasteiger partial charge on any atom is 0.341 e. The van der Waals surface area contributed by atoms with Crippen LogP contribution in [0.2, 0.25) is 0 Å². The van der Waals surface area contributed by atoms with E-state index in [-0.39, 0.29) is 24.6 Å². The first-order valence-electron chi connectivity index (χ1n) is 10.7. The molecule has 0 spiro atoms. The molecule has 0 fully saturated rings. The van der Waals surface area contributed by atoms with E-state index in [4.69, 9.17) is 9.47 Å². The molecule has 4 rings (SSSR count). The number of hydrogen-bond donors (Lipinski definition) is 0. The van der Waals surface area contributed by atoms with E-state index in [0.29, 0.717) is 5.88 Å². The second-order valence-corrected chi connectivity index (χ2v) is 8.56. The van der Waals surface area contributed by atoms with Crippen LogP contribution in [-0.4, -0.2) is 17.6 Å². The highest BCUT2D eigenvalue weighted by Crippen LogP contribution is 2.43. The number of rotatable bonds is 7. The number of aromatic nitrogens is 1. The number of pyridine rings is 1. The molecule has 0 unspecified atom stereocenters. The van der Waals surface area contributed by atoms with Crippen molar-refractivity contribution in [3.05, 3.63) is 93.1 Å². The van der Waals surface area contributed by atoms with Crippen LogP contribution in [0.15, 0.2) is 59.2 Å². The minimum Gasteiger partial charge on any atom is -0.472 e. The number of esters is 1. The third-order valence-corrected chi connectivity index (χ3v) is 5.89. The molecular formula is C26H22BrF2NO3. The second-order valence-electron chi connectivity index (χ2n) is 7.65. The van der Waals surface area contributed by atoms with E-state index in [1.54, 1.807) is 37.4 Å². The van der Waals surface area contributed by atoms with E-state index in [1.807, 2.05) is 6.07 Å². The molecule has 0 atom stereocenters. The van der Waals surface area contributed by atoms with Gasteiger partial charge in [0.05, 0.1) is 12.2 Å². The largest absolute Gasteiger partial charge is 0.472 e. The molecule has 0 N–H and O–H groups in total. The molecule has 0 amide bonds. The Balaban J connectivity index is 1.70. The zero-order valence-electron chi connectivity index (χ0n) is 18.0. The number of benzene rings is 2. The minimum atomic E-state index is -0.676. The molecule has 1 heterocycles. The first-order chi connectivity index (χ1) is 16.0. The summed E-state index contributed by atoms with van der Waals surface area (Å²) in [5.41, 5.74) is 4.42. The van der Waals surface area contributed by atoms with E-state index in [1.165, 1.54) is 18.2 Å². The number of hydrogen-bond acceptors (Lipinski definition) is 4. The Bertz CT molecular complexity index is 1210. The van der Waals surface area contributed by atoms with Crippen LogP contribution >= 0.6 is 15.9 Å². The number of nitrogens with zero attached hydrogens (tertiary/aromatic N) is 1. The van der Waals surface area contributed by atoms with Gasteiger partial charge in [0.15, 0.2) is 0 Å². The van der Waals surface area contributed by atoms with Gasteiger partial charge >= 0.3 is 5.97 Å². The van der Waals surface area contributed by atoms with Crippen LogP contribution in [0.1, 0.15) is 53.2 Å². The summed E-state index contributed by atoms with van der Waals surface area (Å²) in [5, 5.41) is 0. The van der Waals surface area contributed by atoms with Crippen molar-refractivity contribution in [1.29, 1.82) is 0 Å². The van der Waals surface area contributed by atoms with Gasteiger partial charge in [-0.2, -0.15) is 0 Å². The summed E-state index contributed by atoms with van der Waals surface area (Å²) in [4.78, 5) is 16.6. The molecule has 4 nitrogen and oxygen atoms in total. The fraction of sp³-hybridized carbons (Fsp3) is 0.231. The highest BCUT2D eigenvalue weighted by molar-refractivity contribution is 9.10. The average Bonchev–Trinajstić information content (AvgIpc) is 3.29. The Morgan fingerprint density at radius 1 is 1.06 bits per heavy atom. The van der Waals surface area contributed by atoms with Gasteiger partial charge < -0.3 is 9.47 Å². The summed E-state index contributed by atoms with van der Waals surface area (Å²) >= 11 is 3.49. The van der Waals surface area contributed by atoms with E-state index in [0.717, 1.165) is 51.6 Å². The Hall–Kier alpha value is -3.06. The zero-order chi connectivity index (χ0) is 23.4. The Kier molecular flexibility index (Phi) is 7.18. The number of carbonyl (C=O) groups is 1. The van der Waals surface area contributed by atoms with E-state index in [9.17, 15) is 13.6 Å². The summed E-state index contributed by atoms with van der Waals surface area (Å²) < 4.78 is 39.3. The van der Waals surface area contributed by atoms with Crippen molar-refractivity contribution in [3.63, 3.8) is 0 Å². The molecule has 1 aliphatic rings. The summed E-state index contributed by atoms with van der Waals surface area (Å²) in [6, 6.07) is 12.6. The van der Waals surface area contributed by atoms with Gasteiger partial charge in [-0.3, -0.25) is 0 Å². The van der Waals surface area contributed by atoms with Gasteiger partial charge in [-0.25, -0.2) is 18.6 Å². The second kappa shape index (κ2) is 10.3. The molecule has 7 heteroatoms. The molecule has 0 bridgehead atoms. The lowest BCUT2D eigenvalue weighted by Crippen LogP contribution is -2.08. The van der Waals surface area contributed by atoms with Crippen molar-refractivity contribution in [3.8, 4) is 5.88 Å². The fourth-order valence-corrected chi connectivity index (χ4v) is 4.26. The van der Waals surface area contributed by atoms with Crippen LogP contribution in [0, 0.1) is 11.6 Å². The van der Waals surface area contributed by atoms with Crippen LogP contribution in [0.3, 0.4) is 0 Å². The van der Waals surface area contributed by atoms with Crippen LogP contribution in [0.25, 0.3) is 11.1 Å². The van der Waals surface area contributed by atoms with Crippen LogP contribution < -0.4 is 4.74 Å². The molecule has 33 heavy (non-hydrogen) atoms. The lowest BCUT2D eigenvalue weighted by atomic mass is 9.96. The third kappa shape index (κ3) is 5.30. The molecule has 170 valence electrons. The maximum absolute atomic E-state index is 14.3. The monoisotopic (exact) mass is 513 g/mol. The van der Waals surface area contributed by atoms with E-state index in [2.05, 4.69) is 20.9 Å². The topological polar surface area (TPSA) is 48.4 Å². The average molecular weight is 514 g/mol. The Morgan fingerprint density at radius 3 is 2.58 bits per heavy atom. The van der Waals surface area contributed by atoms with Crippen molar-refractivity contribution in [2.24, 2.45) is 0 Å². The normalized spacial score (nSPS) is 13.3. The molecule has 1 aliphatic carbocycles. The van der Waals surface area contributed by atoms with Gasteiger partial charge in [0, 0.05) is 16.2 Å². The SMILES string of the molecule is CCOC(=O)c1cc(C2=C(c3cc(Br)cnc3OCc3ccc(F)cc3)CCC2)ccc1F. The van der Waals surface area contributed by atoms with E-state index < -0.39 is 11.8 Å². The Labute approximate surface area is 199 Å². The predicted molar refractivity (Wildman–Crippen MR) is 126 cm³/mol. The number of halogens is 3. The highest BCUT2D eigenvalue weighted by Gasteiger charge is 2.23. The molecule has 0 aliphatic heterocycles. The fourth-order valence-electron chi connectivity index (χ4n) is 3.93. The summed E-state index contributed by atoms with van der Waals surface area (Å²) in [6.07, 6.45) is 4.16. The summed E-state index contributed by atoms with van der Waals surface area (Å²) in [5.74, 6) is -1.12. The van der Waals surface area contributed by atoms with Crippen molar-refractivity contribution in [1.82, 2.24) is 4.98 Å². The van der Waals surface area contributed by atoms with Crippen molar-refractivity contribution in [2.45, 2.75) is 32.8 Å². The lowest BCUT2D eigenvalue weighted by molar-refractivity contribution is 0.0521. The number of carbonyl (C=O) groups excluding carboxylic acids is 1. The molecular weight excluding hydrogens is 492 g/mol. The van der Waals surface area contributed by atoms with Crippen LogP contribution in [-0.2, 0) is 11.3 Å².